The standard InChI is InChI=1S/C11H22N4O/c1-4-9(12)10(8-16)15(3)7-11-13-5-6-14(11)2/h5-6,9-10,16H,4,7-8,12H2,1-3H3. The summed E-state index contributed by atoms with van der Waals surface area (Å²) in [5, 5.41) is 9.35. The van der Waals surface area contributed by atoms with Crippen molar-refractivity contribution in [3.05, 3.63) is 18.2 Å². The van der Waals surface area contributed by atoms with Crippen LogP contribution in [0.15, 0.2) is 12.4 Å². The molecule has 5 heteroatoms. The third-order valence-corrected chi connectivity index (χ3v) is 3.03. The highest BCUT2D eigenvalue weighted by Crippen LogP contribution is 2.08. The lowest BCUT2D eigenvalue weighted by molar-refractivity contribution is 0.117. The summed E-state index contributed by atoms with van der Waals surface area (Å²) < 4.78 is 1.97. The summed E-state index contributed by atoms with van der Waals surface area (Å²) in [4.78, 5) is 6.31. The van der Waals surface area contributed by atoms with Crippen molar-refractivity contribution in [1.29, 1.82) is 0 Å². The largest absolute Gasteiger partial charge is 0.395 e. The minimum Gasteiger partial charge on any atom is -0.395 e. The molecule has 0 bridgehead atoms. The topological polar surface area (TPSA) is 67.3 Å². The number of aliphatic hydroxyl groups excluding tert-OH is 1. The molecule has 0 saturated carbocycles. The van der Waals surface area contributed by atoms with Gasteiger partial charge in [-0.1, -0.05) is 6.92 Å². The first-order chi connectivity index (χ1) is 7.60. The molecule has 1 aromatic rings. The van der Waals surface area contributed by atoms with Gasteiger partial charge in [-0.05, 0) is 13.5 Å². The smallest absolute Gasteiger partial charge is 0.122 e. The second-order valence-electron chi connectivity index (χ2n) is 4.19. The van der Waals surface area contributed by atoms with Gasteiger partial charge in [-0.15, -0.1) is 0 Å². The van der Waals surface area contributed by atoms with Crippen LogP contribution < -0.4 is 5.73 Å². The maximum atomic E-state index is 9.35. The van der Waals surface area contributed by atoms with E-state index < -0.39 is 0 Å². The third kappa shape index (κ3) is 3.04. The molecule has 0 radical (unpaired) electrons. The van der Waals surface area contributed by atoms with Crippen LogP contribution in [0.25, 0.3) is 0 Å². The van der Waals surface area contributed by atoms with Crippen molar-refractivity contribution in [2.24, 2.45) is 12.8 Å². The van der Waals surface area contributed by atoms with Crippen LogP contribution in [0.4, 0.5) is 0 Å². The lowest BCUT2D eigenvalue weighted by Gasteiger charge is -2.30. The molecule has 0 aliphatic carbocycles. The van der Waals surface area contributed by atoms with Gasteiger partial charge in [-0.2, -0.15) is 0 Å². The molecule has 0 fully saturated rings. The highest BCUT2D eigenvalue weighted by atomic mass is 16.3. The molecule has 0 aliphatic heterocycles. The van der Waals surface area contributed by atoms with Crippen LogP contribution in [0.1, 0.15) is 19.2 Å². The second kappa shape index (κ2) is 5.98. The SMILES string of the molecule is CCC(N)C(CO)N(C)Cc1nccn1C. The quantitative estimate of drug-likeness (QED) is 0.713. The summed E-state index contributed by atoms with van der Waals surface area (Å²) in [5.74, 6) is 0.976. The van der Waals surface area contributed by atoms with E-state index in [4.69, 9.17) is 5.73 Å². The van der Waals surface area contributed by atoms with Crippen LogP contribution in [0.3, 0.4) is 0 Å². The van der Waals surface area contributed by atoms with Gasteiger partial charge in [0, 0.05) is 31.5 Å². The van der Waals surface area contributed by atoms with E-state index in [0.29, 0.717) is 6.54 Å². The first-order valence-corrected chi connectivity index (χ1v) is 5.63. The van der Waals surface area contributed by atoms with Crippen molar-refractivity contribution in [2.75, 3.05) is 13.7 Å². The Bertz CT molecular complexity index is 313. The first kappa shape index (κ1) is 13.2. The number of nitrogens with two attached hydrogens (primary N) is 1. The Morgan fingerprint density at radius 1 is 1.62 bits per heavy atom. The third-order valence-electron chi connectivity index (χ3n) is 3.03. The number of aryl methyl sites for hydroxylation is 1. The Kier molecular flexibility index (Phi) is 4.92. The number of nitrogens with zero attached hydrogens (tertiary/aromatic N) is 3. The van der Waals surface area contributed by atoms with E-state index in [0.717, 1.165) is 12.2 Å². The van der Waals surface area contributed by atoms with Crippen LogP contribution >= 0.6 is 0 Å². The van der Waals surface area contributed by atoms with E-state index in [1.165, 1.54) is 0 Å². The fraction of sp³-hybridized carbons (Fsp3) is 0.727. The molecule has 5 nitrogen and oxygen atoms in total. The van der Waals surface area contributed by atoms with Gasteiger partial charge in [0.15, 0.2) is 0 Å². The monoisotopic (exact) mass is 226 g/mol. The zero-order chi connectivity index (χ0) is 12.1. The Balaban J connectivity index is 2.62. The van der Waals surface area contributed by atoms with Crippen molar-refractivity contribution >= 4 is 0 Å². The van der Waals surface area contributed by atoms with E-state index in [-0.39, 0.29) is 18.7 Å². The number of aromatic nitrogens is 2. The van der Waals surface area contributed by atoms with E-state index in [1.54, 1.807) is 6.20 Å². The first-order valence-electron chi connectivity index (χ1n) is 5.63. The Hall–Kier alpha value is -0.910. The lowest BCUT2D eigenvalue weighted by Crippen LogP contribution is -2.48. The maximum Gasteiger partial charge on any atom is 0.122 e. The number of imidazole rings is 1. The number of hydrogen-bond donors (Lipinski definition) is 2. The zero-order valence-corrected chi connectivity index (χ0v) is 10.3. The van der Waals surface area contributed by atoms with Crippen molar-refractivity contribution in [3.63, 3.8) is 0 Å². The lowest BCUT2D eigenvalue weighted by atomic mass is 10.1. The molecule has 0 spiro atoms. The van der Waals surface area contributed by atoms with Gasteiger partial charge in [0.25, 0.3) is 0 Å². The second-order valence-corrected chi connectivity index (χ2v) is 4.19. The summed E-state index contributed by atoms with van der Waals surface area (Å²) in [7, 11) is 3.93. The molecule has 1 aromatic heterocycles. The predicted octanol–water partition coefficient (Wildman–Crippen LogP) is -0.0499. The van der Waals surface area contributed by atoms with Crippen molar-refractivity contribution in [1.82, 2.24) is 14.5 Å². The molecular formula is C11H22N4O. The van der Waals surface area contributed by atoms with Gasteiger partial charge in [0.1, 0.15) is 5.82 Å². The molecule has 1 heterocycles. The fourth-order valence-corrected chi connectivity index (χ4v) is 1.76. The van der Waals surface area contributed by atoms with Crippen LogP contribution in [0.5, 0.6) is 0 Å². The minimum atomic E-state index is -0.0123. The van der Waals surface area contributed by atoms with Gasteiger partial charge in [0.2, 0.25) is 0 Å². The van der Waals surface area contributed by atoms with Crippen LogP contribution in [0, 0.1) is 0 Å². The minimum absolute atomic E-state index is 0.00438. The summed E-state index contributed by atoms with van der Waals surface area (Å²) in [6.07, 6.45) is 4.55. The summed E-state index contributed by atoms with van der Waals surface area (Å²) in [6.45, 7) is 2.81. The molecule has 0 aliphatic rings. The molecule has 2 unspecified atom stereocenters. The van der Waals surface area contributed by atoms with E-state index >= 15 is 0 Å². The average Bonchev–Trinajstić information content (AvgIpc) is 2.65. The fourth-order valence-electron chi connectivity index (χ4n) is 1.76. The van der Waals surface area contributed by atoms with Gasteiger partial charge >= 0.3 is 0 Å². The van der Waals surface area contributed by atoms with Gasteiger partial charge < -0.3 is 15.4 Å². The number of aliphatic hydroxyl groups is 1. The summed E-state index contributed by atoms with van der Waals surface area (Å²) in [6, 6.07) is -0.0167. The number of rotatable bonds is 6. The summed E-state index contributed by atoms with van der Waals surface area (Å²) >= 11 is 0. The van der Waals surface area contributed by atoms with E-state index in [1.807, 2.05) is 31.8 Å². The molecule has 0 amide bonds. The Morgan fingerprint density at radius 2 is 2.31 bits per heavy atom. The zero-order valence-electron chi connectivity index (χ0n) is 10.3. The Labute approximate surface area is 96.9 Å². The normalized spacial score (nSPS) is 15.4. The van der Waals surface area contributed by atoms with E-state index in [2.05, 4.69) is 9.88 Å². The maximum absolute atomic E-state index is 9.35. The van der Waals surface area contributed by atoms with Crippen LogP contribution in [-0.2, 0) is 13.6 Å². The predicted molar refractivity (Wildman–Crippen MR) is 63.8 cm³/mol. The molecule has 2 atom stereocenters. The molecular weight excluding hydrogens is 204 g/mol. The Morgan fingerprint density at radius 3 is 2.75 bits per heavy atom. The van der Waals surface area contributed by atoms with Crippen molar-refractivity contribution in [2.45, 2.75) is 32.0 Å². The molecule has 0 saturated heterocycles. The average molecular weight is 226 g/mol. The van der Waals surface area contributed by atoms with Gasteiger partial charge in [-0.3, -0.25) is 4.90 Å². The number of hydrogen-bond acceptors (Lipinski definition) is 4. The molecule has 92 valence electrons. The molecule has 1 rings (SSSR count). The van der Waals surface area contributed by atoms with Crippen molar-refractivity contribution in [3.8, 4) is 0 Å². The van der Waals surface area contributed by atoms with Crippen molar-refractivity contribution < 1.29 is 5.11 Å². The highest BCUT2D eigenvalue weighted by Gasteiger charge is 2.21. The number of likely N-dealkylation sites (N-methyl/N-ethyl adjacent to an activating group) is 1. The molecule has 3 N–H and O–H groups in total. The van der Waals surface area contributed by atoms with Gasteiger partial charge in [-0.25, -0.2) is 4.98 Å². The van der Waals surface area contributed by atoms with Crippen LogP contribution in [-0.4, -0.2) is 45.3 Å². The van der Waals surface area contributed by atoms with Crippen LogP contribution in [0.2, 0.25) is 0 Å². The molecule has 0 aromatic carbocycles. The summed E-state index contributed by atoms with van der Waals surface area (Å²) in [5.41, 5.74) is 5.97. The molecule has 16 heavy (non-hydrogen) atoms. The van der Waals surface area contributed by atoms with E-state index in [9.17, 15) is 5.11 Å². The highest BCUT2D eigenvalue weighted by molar-refractivity contribution is 4.92. The van der Waals surface area contributed by atoms with Gasteiger partial charge in [0.05, 0.1) is 13.2 Å².